The average molecular weight is 313 g/mol. The van der Waals surface area contributed by atoms with E-state index < -0.39 is 0 Å². The number of methoxy groups -OCH3 is 1. The minimum atomic E-state index is 0.327. The lowest BCUT2D eigenvalue weighted by Gasteiger charge is -2.23. The summed E-state index contributed by atoms with van der Waals surface area (Å²) in [6.45, 7) is 1.15. The minimum absolute atomic E-state index is 0.327. The fourth-order valence-electron chi connectivity index (χ4n) is 2.62. The van der Waals surface area contributed by atoms with Crippen LogP contribution >= 0.6 is 15.9 Å². The Kier molecular flexibility index (Phi) is 5.03. The highest BCUT2D eigenvalue weighted by atomic mass is 79.9. The number of ether oxygens (including phenoxy) is 1. The van der Waals surface area contributed by atoms with Gasteiger partial charge in [-0.25, -0.2) is 0 Å². The highest BCUT2D eigenvalue weighted by Crippen LogP contribution is 2.31. The van der Waals surface area contributed by atoms with Crippen LogP contribution < -0.4 is 15.4 Å². The molecule has 4 heteroatoms. The van der Waals surface area contributed by atoms with Crippen LogP contribution in [0.4, 0.5) is 0 Å². The monoisotopic (exact) mass is 312 g/mol. The summed E-state index contributed by atoms with van der Waals surface area (Å²) in [5, 5.41) is 6.96. The summed E-state index contributed by atoms with van der Waals surface area (Å²) in [6, 6.07) is 7.13. The number of benzene rings is 1. The zero-order valence-electron chi connectivity index (χ0n) is 11.0. The maximum Gasteiger partial charge on any atom is 0.123 e. The van der Waals surface area contributed by atoms with Crippen LogP contribution in [0.3, 0.4) is 0 Å². The molecule has 1 saturated heterocycles. The molecule has 2 atom stereocenters. The molecule has 2 unspecified atom stereocenters. The van der Waals surface area contributed by atoms with Gasteiger partial charge in [-0.1, -0.05) is 15.9 Å². The molecule has 0 amide bonds. The predicted octanol–water partition coefficient (Wildman–Crippen LogP) is 2.86. The second-order valence-corrected chi connectivity index (χ2v) is 5.67. The molecule has 2 N–H and O–H groups in total. The van der Waals surface area contributed by atoms with E-state index in [1.54, 1.807) is 7.11 Å². The van der Waals surface area contributed by atoms with Crippen molar-refractivity contribution in [3.05, 3.63) is 28.2 Å². The average Bonchev–Trinajstić information content (AvgIpc) is 2.88. The first kappa shape index (κ1) is 13.8. The van der Waals surface area contributed by atoms with Gasteiger partial charge in [0.1, 0.15) is 5.75 Å². The van der Waals surface area contributed by atoms with Gasteiger partial charge in [0.05, 0.1) is 7.11 Å². The first-order valence-electron chi connectivity index (χ1n) is 6.48. The topological polar surface area (TPSA) is 33.3 Å². The maximum absolute atomic E-state index is 5.47. The zero-order chi connectivity index (χ0) is 13.0. The Balaban J connectivity index is 2.17. The smallest absolute Gasteiger partial charge is 0.123 e. The molecule has 0 aliphatic carbocycles. The summed E-state index contributed by atoms with van der Waals surface area (Å²) >= 11 is 3.54. The van der Waals surface area contributed by atoms with Gasteiger partial charge in [0, 0.05) is 22.1 Å². The molecule has 1 aliphatic heterocycles. The third-order valence-electron chi connectivity index (χ3n) is 3.60. The van der Waals surface area contributed by atoms with Gasteiger partial charge in [-0.2, -0.15) is 0 Å². The van der Waals surface area contributed by atoms with E-state index in [2.05, 4.69) is 32.6 Å². The summed E-state index contributed by atoms with van der Waals surface area (Å²) in [6.07, 6.45) is 3.66. The molecule has 1 heterocycles. The van der Waals surface area contributed by atoms with Crippen molar-refractivity contribution in [3.63, 3.8) is 0 Å². The number of rotatable bonds is 5. The molecule has 2 rings (SSSR count). The Hall–Kier alpha value is -0.580. The SMILES string of the molecule is CNC(CC1CCCN1)c1cc(Br)ccc1OC. The normalized spacial score (nSPS) is 20.9. The summed E-state index contributed by atoms with van der Waals surface area (Å²) in [5.74, 6) is 0.954. The van der Waals surface area contributed by atoms with Gasteiger partial charge in [0.25, 0.3) is 0 Å². The molecule has 1 aromatic carbocycles. The van der Waals surface area contributed by atoms with Crippen molar-refractivity contribution in [2.75, 3.05) is 20.7 Å². The lowest BCUT2D eigenvalue weighted by Crippen LogP contribution is -2.28. The van der Waals surface area contributed by atoms with Crippen LogP contribution in [0, 0.1) is 0 Å². The van der Waals surface area contributed by atoms with Crippen molar-refractivity contribution in [3.8, 4) is 5.75 Å². The van der Waals surface area contributed by atoms with Crippen LogP contribution in [0.5, 0.6) is 5.75 Å². The third kappa shape index (κ3) is 3.25. The van der Waals surface area contributed by atoms with Gasteiger partial charge in [0.2, 0.25) is 0 Å². The Morgan fingerprint density at radius 3 is 3.00 bits per heavy atom. The highest BCUT2D eigenvalue weighted by molar-refractivity contribution is 9.10. The van der Waals surface area contributed by atoms with Crippen LogP contribution in [-0.2, 0) is 0 Å². The molecule has 1 aromatic rings. The number of hydrogen-bond donors (Lipinski definition) is 2. The summed E-state index contributed by atoms with van der Waals surface area (Å²) in [4.78, 5) is 0. The fraction of sp³-hybridized carbons (Fsp3) is 0.571. The fourth-order valence-corrected chi connectivity index (χ4v) is 3.00. The van der Waals surface area contributed by atoms with E-state index in [0.717, 1.165) is 23.2 Å². The van der Waals surface area contributed by atoms with Gasteiger partial charge in [0.15, 0.2) is 0 Å². The molecule has 0 bridgehead atoms. The Morgan fingerprint density at radius 1 is 1.56 bits per heavy atom. The Labute approximate surface area is 117 Å². The first-order valence-corrected chi connectivity index (χ1v) is 7.28. The first-order chi connectivity index (χ1) is 8.74. The molecular weight excluding hydrogens is 292 g/mol. The van der Waals surface area contributed by atoms with Crippen LogP contribution in [0.1, 0.15) is 30.9 Å². The lowest BCUT2D eigenvalue weighted by molar-refractivity contribution is 0.389. The second kappa shape index (κ2) is 6.55. The summed E-state index contributed by atoms with van der Waals surface area (Å²) in [7, 11) is 3.74. The van der Waals surface area contributed by atoms with E-state index in [1.807, 2.05) is 19.2 Å². The molecule has 100 valence electrons. The van der Waals surface area contributed by atoms with E-state index >= 15 is 0 Å². The van der Waals surface area contributed by atoms with E-state index in [0.29, 0.717) is 12.1 Å². The van der Waals surface area contributed by atoms with Crippen molar-refractivity contribution in [1.82, 2.24) is 10.6 Å². The minimum Gasteiger partial charge on any atom is -0.496 e. The molecule has 3 nitrogen and oxygen atoms in total. The summed E-state index contributed by atoms with van der Waals surface area (Å²) in [5.41, 5.74) is 1.23. The van der Waals surface area contributed by atoms with Crippen LogP contribution in [0.15, 0.2) is 22.7 Å². The van der Waals surface area contributed by atoms with Crippen molar-refractivity contribution in [1.29, 1.82) is 0 Å². The number of hydrogen-bond acceptors (Lipinski definition) is 3. The van der Waals surface area contributed by atoms with Gasteiger partial charge in [-0.3, -0.25) is 0 Å². The maximum atomic E-state index is 5.47. The molecular formula is C14H21BrN2O. The molecule has 0 saturated carbocycles. The molecule has 18 heavy (non-hydrogen) atoms. The van der Waals surface area contributed by atoms with Crippen LogP contribution in [-0.4, -0.2) is 26.7 Å². The van der Waals surface area contributed by atoms with E-state index in [9.17, 15) is 0 Å². The molecule has 0 spiro atoms. The number of halogens is 1. The molecule has 0 radical (unpaired) electrons. The third-order valence-corrected chi connectivity index (χ3v) is 4.09. The molecule has 0 aromatic heterocycles. The molecule has 1 fully saturated rings. The Morgan fingerprint density at radius 2 is 2.39 bits per heavy atom. The van der Waals surface area contributed by atoms with Crippen molar-refractivity contribution in [2.24, 2.45) is 0 Å². The standard InChI is InChI=1S/C14H21BrN2O/c1-16-13(9-11-4-3-7-17-11)12-8-10(15)5-6-14(12)18-2/h5-6,8,11,13,16-17H,3-4,7,9H2,1-2H3. The van der Waals surface area contributed by atoms with Gasteiger partial charge in [-0.05, 0) is 51.1 Å². The van der Waals surface area contributed by atoms with Gasteiger partial charge in [-0.15, -0.1) is 0 Å². The van der Waals surface area contributed by atoms with Gasteiger partial charge < -0.3 is 15.4 Å². The lowest BCUT2D eigenvalue weighted by atomic mass is 9.98. The van der Waals surface area contributed by atoms with E-state index in [-0.39, 0.29) is 0 Å². The number of nitrogens with one attached hydrogen (secondary N) is 2. The van der Waals surface area contributed by atoms with E-state index in [1.165, 1.54) is 18.4 Å². The quantitative estimate of drug-likeness (QED) is 0.877. The Bertz CT molecular complexity index is 391. The van der Waals surface area contributed by atoms with Crippen molar-refractivity contribution < 1.29 is 4.74 Å². The predicted molar refractivity (Wildman–Crippen MR) is 78.1 cm³/mol. The van der Waals surface area contributed by atoms with Crippen LogP contribution in [0.2, 0.25) is 0 Å². The highest BCUT2D eigenvalue weighted by Gasteiger charge is 2.22. The summed E-state index contributed by atoms with van der Waals surface area (Å²) < 4.78 is 6.56. The zero-order valence-corrected chi connectivity index (χ0v) is 12.6. The largest absolute Gasteiger partial charge is 0.496 e. The second-order valence-electron chi connectivity index (χ2n) is 4.76. The van der Waals surface area contributed by atoms with Gasteiger partial charge >= 0.3 is 0 Å². The van der Waals surface area contributed by atoms with Crippen molar-refractivity contribution >= 4 is 15.9 Å². The van der Waals surface area contributed by atoms with E-state index in [4.69, 9.17) is 4.74 Å². The van der Waals surface area contributed by atoms with Crippen molar-refractivity contribution in [2.45, 2.75) is 31.3 Å². The molecule has 1 aliphatic rings. The van der Waals surface area contributed by atoms with Crippen LogP contribution in [0.25, 0.3) is 0 Å².